The molecule has 0 aromatic carbocycles. The van der Waals surface area contributed by atoms with E-state index in [9.17, 15) is 4.79 Å². The van der Waals surface area contributed by atoms with Gasteiger partial charge in [0.25, 0.3) is 5.56 Å². The van der Waals surface area contributed by atoms with Crippen molar-refractivity contribution in [3.63, 3.8) is 0 Å². The van der Waals surface area contributed by atoms with Crippen molar-refractivity contribution in [1.82, 2.24) is 9.55 Å². The van der Waals surface area contributed by atoms with Crippen LogP contribution in [-0.2, 0) is 24.2 Å². The highest BCUT2D eigenvalue weighted by Gasteiger charge is 2.23. The van der Waals surface area contributed by atoms with Crippen LogP contribution < -0.4 is 5.56 Å². The monoisotopic (exact) mass is 328 g/mol. The summed E-state index contributed by atoms with van der Waals surface area (Å²) >= 11 is 1.70. The number of aryl methyl sites for hydroxylation is 2. The third kappa shape index (κ3) is 2.48. The third-order valence-electron chi connectivity index (χ3n) is 4.61. The first-order valence-electron chi connectivity index (χ1n) is 8.21. The number of hydrogen-bond donors (Lipinski definition) is 0. The Morgan fingerprint density at radius 1 is 1.30 bits per heavy atom. The molecule has 4 nitrogen and oxygen atoms in total. The molecule has 0 saturated carbocycles. The van der Waals surface area contributed by atoms with Crippen molar-refractivity contribution in [3.8, 4) is 0 Å². The summed E-state index contributed by atoms with van der Waals surface area (Å²) in [6, 6.07) is 0. The van der Waals surface area contributed by atoms with Gasteiger partial charge in [0.05, 0.1) is 5.39 Å². The van der Waals surface area contributed by atoms with E-state index >= 15 is 0 Å². The number of nitrogens with zero attached hydrogens (tertiary/aromatic N) is 2. The molecule has 2 aliphatic carbocycles. The maximum absolute atomic E-state index is 13.3. The highest BCUT2D eigenvalue weighted by molar-refractivity contribution is 7.18. The van der Waals surface area contributed by atoms with E-state index in [-0.39, 0.29) is 5.56 Å². The topological polar surface area (TPSA) is 44.1 Å². The summed E-state index contributed by atoms with van der Waals surface area (Å²) in [5, 5.41) is 0.847. The lowest BCUT2D eigenvalue weighted by Crippen LogP contribution is -2.26. The molecule has 0 N–H and O–H groups in total. The van der Waals surface area contributed by atoms with Crippen molar-refractivity contribution >= 4 is 27.3 Å². The van der Waals surface area contributed by atoms with Crippen molar-refractivity contribution in [3.05, 3.63) is 44.8 Å². The molecule has 0 bridgehead atoms. The van der Waals surface area contributed by atoms with Gasteiger partial charge in [-0.15, -0.1) is 11.3 Å². The van der Waals surface area contributed by atoms with Crippen LogP contribution in [-0.4, -0.2) is 16.7 Å². The van der Waals surface area contributed by atoms with E-state index in [1.54, 1.807) is 23.0 Å². The molecule has 0 aliphatic heterocycles. The Morgan fingerprint density at radius 2 is 2.17 bits per heavy atom. The molecular weight excluding hydrogens is 308 g/mol. The van der Waals surface area contributed by atoms with Gasteiger partial charge >= 0.3 is 0 Å². The van der Waals surface area contributed by atoms with Gasteiger partial charge in [0.15, 0.2) is 0 Å². The number of allylic oxidation sites excluding steroid dienone is 4. The van der Waals surface area contributed by atoms with Crippen molar-refractivity contribution < 1.29 is 4.74 Å². The molecule has 0 atom stereocenters. The minimum Gasteiger partial charge on any atom is -0.377 e. The Kier molecular flexibility index (Phi) is 3.91. The molecule has 5 heteroatoms. The molecule has 4 rings (SSSR count). The minimum absolute atomic E-state index is 0.0861. The zero-order chi connectivity index (χ0) is 15.8. The van der Waals surface area contributed by atoms with Gasteiger partial charge in [-0.3, -0.25) is 9.36 Å². The summed E-state index contributed by atoms with van der Waals surface area (Å²) in [6.45, 7) is 0.356. The zero-order valence-corrected chi connectivity index (χ0v) is 14.1. The predicted molar refractivity (Wildman–Crippen MR) is 93.9 cm³/mol. The minimum atomic E-state index is 0.0861. The Hall–Kier alpha value is -1.72. The Morgan fingerprint density at radius 3 is 2.96 bits per heavy atom. The molecule has 0 fully saturated rings. The molecule has 0 unspecified atom stereocenters. The van der Waals surface area contributed by atoms with Crippen LogP contribution in [0.5, 0.6) is 0 Å². The van der Waals surface area contributed by atoms with Gasteiger partial charge < -0.3 is 4.74 Å². The molecule has 0 radical (unpaired) electrons. The van der Waals surface area contributed by atoms with Crippen LogP contribution in [0.25, 0.3) is 15.9 Å². The number of rotatable bonds is 3. The van der Waals surface area contributed by atoms with E-state index in [1.165, 1.54) is 23.3 Å². The summed E-state index contributed by atoms with van der Waals surface area (Å²) < 4.78 is 7.09. The van der Waals surface area contributed by atoms with Gasteiger partial charge in [0.2, 0.25) is 0 Å². The highest BCUT2D eigenvalue weighted by atomic mass is 32.1. The number of fused-ring (bicyclic) bond motifs is 3. The number of thiophene rings is 1. The second-order valence-corrected chi connectivity index (χ2v) is 7.20. The van der Waals surface area contributed by atoms with E-state index in [0.717, 1.165) is 41.6 Å². The van der Waals surface area contributed by atoms with Gasteiger partial charge in [-0.2, -0.15) is 0 Å². The predicted octanol–water partition coefficient (Wildman–Crippen LogP) is 3.67. The average Bonchev–Trinajstić information content (AvgIpc) is 2.94. The molecule has 2 aromatic heterocycles. The number of hydrogen-bond acceptors (Lipinski definition) is 4. The fourth-order valence-electron chi connectivity index (χ4n) is 3.55. The lowest BCUT2D eigenvalue weighted by Gasteiger charge is -2.17. The van der Waals surface area contributed by atoms with Crippen LogP contribution in [0.1, 0.15) is 41.9 Å². The molecule has 23 heavy (non-hydrogen) atoms. The molecule has 0 spiro atoms. The van der Waals surface area contributed by atoms with Crippen molar-refractivity contribution in [2.45, 2.75) is 45.1 Å². The van der Waals surface area contributed by atoms with Crippen LogP contribution >= 0.6 is 11.3 Å². The van der Waals surface area contributed by atoms with Crippen molar-refractivity contribution in [2.24, 2.45) is 0 Å². The lowest BCUT2D eigenvalue weighted by molar-refractivity contribution is 0.176. The van der Waals surface area contributed by atoms with Crippen molar-refractivity contribution in [1.29, 1.82) is 0 Å². The maximum atomic E-state index is 13.3. The van der Waals surface area contributed by atoms with Gasteiger partial charge in [-0.1, -0.05) is 12.2 Å². The summed E-state index contributed by atoms with van der Waals surface area (Å²) in [6.07, 6.45) is 12.5. The summed E-state index contributed by atoms with van der Waals surface area (Å²) in [4.78, 5) is 20.3. The van der Waals surface area contributed by atoms with E-state index in [0.29, 0.717) is 12.4 Å². The fraction of sp³-hybridized carbons (Fsp3) is 0.444. The standard InChI is InChI=1S/C18H20N2O2S/c1-22-11-15-19-17-16(13-9-5-6-10-14(13)23-17)18(21)20(15)12-7-3-2-4-8-12/h2-3,7H,4-6,8-11H2,1H3. The van der Waals surface area contributed by atoms with Crippen LogP contribution in [0.3, 0.4) is 0 Å². The normalized spacial score (nSPS) is 17.3. The van der Waals surface area contributed by atoms with Gasteiger partial charge in [-0.05, 0) is 50.2 Å². The van der Waals surface area contributed by atoms with Crippen LogP contribution in [0.2, 0.25) is 0 Å². The Bertz CT molecular complexity index is 873. The van der Waals surface area contributed by atoms with Crippen molar-refractivity contribution in [2.75, 3.05) is 7.11 Å². The zero-order valence-electron chi connectivity index (χ0n) is 13.3. The third-order valence-corrected chi connectivity index (χ3v) is 5.80. The van der Waals surface area contributed by atoms with Crippen LogP contribution in [0, 0.1) is 0 Å². The quantitative estimate of drug-likeness (QED) is 0.863. The lowest BCUT2D eigenvalue weighted by atomic mass is 9.97. The first-order valence-corrected chi connectivity index (χ1v) is 9.02. The van der Waals surface area contributed by atoms with Gasteiger partial charge in [0.1, 0.15) is 17.3 Å². The highest BCUT2D eigenvalue weighted by Crippen LogP contribution is 2.34. The van der Waals surface area contributed by atoms with Crippen LogP contribution in [0.4, 0.5) is 0 Å². The van der Waals surface area contributed by atoms with E-state index in [2.05, 4.69) is 6.08 Å². The molecule has 2 aromatic rings. The average molecular weight is 328 g/mol. The largest absolute Gasteiger partial charge is 0.377 e. The summed E-state index contributed by atoms with van der Waals surface area (Å²) in [5.74, 6) is 0.713. The van der Waals surface area contributed by atoms with Gasteiger partial charge in [0, 0.05) is 17.7 Å². The number of methoxy groups -OCH3 is 1. The summed E-state index contributed by atoms with van der Waals surface area (Å²) in [5.41, 5.74) is 2.36. The SMILES string of the molecule is COCc1nc2sc3c(c2c(=O)n1C1=CC=CCC1)CCCC3. The first kappa shape index (κ1) is 14.8. The second-order valence-electron chi connectivity index (χ2n) is 6.12. The summed E-state index contributed by atoms with van der Waals surface area (Å²) in [7, 11) is 1.65. The maximum Gasteiger partial charge on any atom is 0.266 e. The molecular formula is C18H20N2O2S. The smallest absolute Gasteiger partial charge is 0.266 e. The Labute approximate surface area is 139 Å². The van der Waals surface area contributed by atoms with E-state index in [1.807, 2.05) is 12.2 Å². The van der Waals surface area contributed by atoms with E-state index < -0.39 is 0 Å². The first-order chi connectivity index (χ1) is 11.3. The number of ether oxygens (including phenoxy) is 1. The molecule has 0 saturated heterocycles. The molecule has 0 amide bonds. The Balaban J connectivity index is 2.00. The number of aromatic nitrogens is 2. The van der Waals surface area contributed by atoms with E-state index in [4.69, 9.17) is 9.72 Å². The fourth-order valence-corrected chi connectivity index (χ4v) is 4.82. The van der Waals surface area contributed by atoms with Gasteiger partial charge in [-0.25, -0.2) is 4.98 Å². The molecule has 2 heterocycles. The second kappa shape index (κ2) is 6.06. The molecule has 2 aliphatic rings. The molecule has 120 valence electrons. The van der Waals surface area contributed by atoms with Crippen LogP contribution in [0.15, 0.2) is 23.0 Å².